The van der Waals surface area contributed by atoms with Crippen molar-refractivity contribution in [3.05, 3.63) is 69.4 Å². The molecule has 0 bridgehead atoms. The molecule has 164 valence electrons. The second-order valence-electron chi connectivity index (χ2n) is 7.75. The number of carbonyl (C=O) groups excluding carboxylic acids is 2. The average Bonchev–Trinajstić information content (AvgIpc) is 3.14. The minimum Gasteiger partial charge on any atom is -0.456 e. The summed E-state index contributed by atoms with van der Waals surface area (Å²) >= 11 is 1.26. The topological polar surface area (TPSA) is 91.2 Å². The third-order valence-corrected chi connectivity index (χ3v) is 6.28. The number of hydrogen-bond acceptors (Lipinski definition) is 7. The number of thiophene rings is 1. The molecular formula is C24H23N3O4S. The van der Waals surface area contributed by atoms with Crippen LogP contribution in [-0.4, -0.2) is 32.9 Å². The van der Waals surface area contributed by atoms with Crippen LogP contribution in [0.15, 0.2) is 41.5 Å². The van der Waals surface area contributed by atoms with Crippen LogP contribution in [0.4, 0.5) is 0 Å². The van der Waals surface area contributed by atoms with E-state index >= 15 is 0 Å². The number of benzene rings is 1. The van der Waals surface area contributed by atoms with Crippen molar-refractivity contribution in [2.24, 2.45) is 0 Å². The van der Waals surface area contributed by atoms with Crippen molar-refractivity contribution < 1.29 is 14.3 Å². The SMILES string of the molecule is CCCc1ccc(C(=O)COC(=O)Cn2cnc3c(sc4nc(C)cc(C)c43)c2=O)cc1. The molecule has 3 heterocycles. The molecule has 0 saturated heterocycles. The van der Waals surface area contributed by atoms with Gasteiger partial charge in [0.1, 0.15) is 16.1 Å². The van der Waals surface area contributed by atoms with Crippen LogP contribution in [0.1, 0.15) is 40.5 Å². The standard InChI is InChI=1S/C24H23N3O4S/c1-4-5-16-6-8-17(9-7-16)18(28)12-31-19(29)11-27-13-25-21-20-14(2)10-15(3)26-23(20)32-22(21)24(27)30/h6-10,13H,4-5,11-12H2,1-3H3. The number of rotatable bonds is 7. The number of aryl methyl sites for hydroxylation is 3. The first-order valence-corrected chi connectivity index (χ1v) is 11.2. The van der Waals surface area contributed by atoms with E-state index in [0.717, 1.165) is 39.9 Å². The van der Waals surface area contributed by atoms with Crippen molar-refractivity contribution in [3.63, 3.8) is 0 Å². The van der Waals surface area contributed by atoms with Crippen LogP contribution in [0, 0.1) is 13.8 Å². The lowest BCUT2D eigenvalue weighted by Crippen LogP contribution is -2.26. The van der Waals surface area contributed by atoms with Crippen molar-refractivity contribution in [2.45, 2.75) is 40.2 Å². The van der Waals surface area contributed by atoms with Gasteiger partial charge in [0.25, 0.3) is 5.56 Å². The minimum absolute atomic E-state index is 0.288. The van der Waals surface area contributed by atoms with Crippen molar-refractivity contribution in [1.29, 1.82) is 0 Å². The summed E-state index contributed by atoms with van der Waals surface area (Å²) in [4.78, 5) is 47.1. The summed E-state index contributed by atoms with van der Waals surface area (Å²) in [6, 6.07) is 9.24. The van der Waals surface area contributed by atoms with Gasteiger partial charge in [0, 0.05) is 16.6 Å². The van der Waals surface area contributed by atoms with Crippen LogP contribution < -0.4 is 5.56 Å². The summed E-state index contributed by atoms with van der Waals surface area (Å²) < 4.78 is 6.76. The van der Waals surface area contributed by atoms with E-state index in [1.165, 1.54) is 22.2 Å². The van der Waals surface area contributed by atoms with Gasteiger partial charge in [-0.2, -0.15) is 0 Å². The number of esters is 1. The Morgan fingerprint density at radius 1 is 1.16 bits per heavy atom. The van der Waals surface area contributed by atoms with Crippen molar-refractivity contribution in [1.82, 2.24) is 14.5 Å². The molecule has 8 heteroatoms. The van der Waals surface area contributed by atoms with Gasteiger partial charge in [-0.15, -0.1) is 11.3 Å². The summed E-state index contributed by atoms with van der Waals surface area (Å²) in [5.74, 6) is -0.959. The zero-order valence-electron chi connectivity index (χ0n) is 18.2. The molecule has 0 fully saturated rings. The lowest BCUT2D eigenvalue weighted by Gasteiger charge is -2.07. The van der Waals surface area contributed by atoms with E-state index in [-0.39, 0.29) is 24.5 Å². The summed E-state index contributed by atoms with van der Waals surface area (Å²) in [7, 11) is 0. The van der Waals surface area contributed by atoms with Gasteiger partial charge >= 0.3 is 5.97 Å². The van der Waals surface area contributed by atoms with E-state index in [1.807, 2.05) is 32.0 Å². The molecule has 0 N–H and O–H groups in total. The predicted molar refractivity (Wildman–Crippen MR) is 124 cm³/mol. The monoisotopic (exact) mass is 449 g/mol. The van der Waals surface area contributed by atoms with Crippen LogP contribution in [0.3, 0.4) is 0 Å². The first-order valence-electron chi connectivity index (χ1n) is 10.4. The Kier molecular flexibility index (Phi) is 6.14. The maximum Gasteiger partial charge on any atom is 0.326 e. The third-order valence-electron chi connectivity index (χ3n) is 5.22. The van der Waals surface area contributed by atoms with Gasteiger partial charge in [0.05, 0.1) is 11.8 Å². The minimum atomic E-state index is -0.671. The molecule has 0 unspecified atom stereocenters. The van der Waals surface area contributed by atoms with E-state index in [9.17, 15) is 14.4 Å². The number of carbonyl (C=O) groups is 2. The van der Waals surface area contributed by atoms with Gasteiger partial charge in [-0.3, -0.25) is 19.0 Å². The summed E-state index contributed by atoms with van der Waals surface area (Å²) in [6.45, 7) is 5.27. The molecule has 0 spiro atoms. The highest BCUT2D eigenvalue weighted by molar-refractivity contribution is 7.25. The lowest BCUT2D eigenvalue weighted by atomic mass is 10.1. The Morgan fingerprint density at radius 3 is 2.62 bits per heavy atom. The van der Waals surface area contributed by atoms with Crippen LogP contribution in [0.5, 0.6) is 0 Å². The molecule has 1 aromatic carbocycles. The van der Waals surface area contributed by atoms with Gasteiger partial charge in [0.15, 0.2) is 12.4 Å². The molecular weight excluding hydrogens is 426 g/mol. The Morgan fingerprint density at radius 2 is 1.91 bits per heavy atom. The van der Waals surface area contributed by atoms with E-state index in [4.69, 9.17) is 4.74 Å². The third kappa shape index (κ3) is 4.31. The summed E-state index contributed by atoms with van der Waals surface area (Å²) in [5, 5.41) is 0.859. The molecule has 0 radical (unpaired) electrons. The number of ketones is 1. The highest BCUT2D eigenvalue weighted by Crippen LogP contribution is 2.31. The largest absolute Gasteiger partial charge is 0.456 e. The Balaban J connectivity index is 1.47. The molecule has 3 aromatic heterocycles. The van der Waals surface area contributed by atoms with E-state index in [2.05, 4.69) is 16.9 Å². The number of pyridine rings is 1. The fourth-order valence-corrected chi connectivity index (χ4v) is 4.87. The average molecular weight is 450 g/mol. The molecule has 0 aliphatic rings. The second-order valence-corrected chi connectivity index (χ2v) is 8.75. The number of nitrogens with zero attached hydrogens (tertiary/aromatic N) is 3. The maximum atomic E-state index is 12.9. The van der Waals surface area contributed by atoms with Gasteiger partial charge in [-0.05, 0) is 37.5 Å². The Bertz CT molecular complexity index is 1390. The zero-order valence-corrected chi connectivity index (χ0v) is 19.0. The highest BCUT2D eigenvalue weighted by atomic mass is 32.1. The number of fused-ring (bicyclic) bond motifs is 3. The predicted octanol–water partition coefficient (Wildman–Crippen LogP) is 4.00. The second kappa shape index (κ2) is 9.00. The van der Waals surface area contributed by atoms with Crippen molar-refractivity contribution in [2.75, 3.05) is 6.61 Å². The van der Waals surface area contributed by atoms with Crippen LogP contribution in [0.2, 0.25) is 0 Å². The molecule has 0 aliphatic carbocycles. The first kappa shape index (κ1) is 21.8. The number of hydrogen-bond donors (Lipinski definition) is 0. The van der Waals surface area contributed by atoms with Crippen molar-refractivity contribution >= 4 is 43.5 Å². The van der Waals surface area contributed by atoms with E-state index in [1.54, 1.807) is 12.1 Å². The van der Waals surface area contributed by atoms with Crippen LogP contribution in [-0.2, 0) is 22.5 Å². The normalized spacial score (nSPS) is 11.2. The fourth-order valence-electron chi connectivity index (χ4n) is 3.67. The van der Waals surface area contributed by atoms with Crippen LogP contribution in [0.25, 0.3) is 20.4 Å². The van der Waals surface area contributed by atoms with E-state index in [0.29, 0.717) is 15.8 Å². The van der Waals surface area contributed by atoms with Gasteiger partial charge in [-0.1, -0.05) is 37.6 Å². The smallest absolute Gasteiger partial charge is 0.326 e. The maximum absolute atomic E-state index is 12.9. The molecule has 0 aliphatic heterocycles. The highest BCUT2D eigenvalue weighted by Gasteiger charge is 2.17. The Labute approximate surface area is 188 Å². The Hall–Kier alpha value is -3.39. The fraction of sp³-hybridized carbons (Fsp3) is 0.292. The molecule has 0 saturated carbocycles. The van der Waals surface area contributed by atoms with Crippen molar-refractivity contribution in [3.8, 4) is 0 Å². The number of ether oxygens (including phenoxy) is 1. The molecule has 7 nitrogen and oxygen atoms in total. The zero-order chi connectivity index (χ0) is 22.8. The lowest BCUT2D eigenvalue weighted by molar-refractivity contribution is -0.143. The molecule has 4 aromatic rings. The van der Waals surface area contributed by atoms with Gasteiger partial charge in [0.2, 0.25) is 0 Å². The summed E-state index contributed by atoms with van der Waals surface area (Å²) in [6.07, 6.45) is 3.32. The van der Waals surface area contributed by atoms with Gasteiger partial charge < -0.3 is 4.74 Å². The molecule has 32 heavy (non-hydrogen) atoms. The molecule has 0 amide bonds. The van der Waals surface area contributed by atoms with Gasteiger partial charge in [-0.25, -0.2) is 9.97 Å². The summed E-state index contributed by atoms with van der Waals surface area (Å²) in [5.41, 5.74) is 3.78. The van der Waals surface area contributed by atoms with E-state index < -0.39 is 5.97 Å². The molecule has 0 atom stereocenters. The van der Waals surface area contributed by atoms with Crippen LogP contribution >= 0.6 is 11.3 Å². The number of Topliss-reactive ketones (excluding diaryl/α,β-unsaturated/α-hetero) is 1. The molecule has 4 rings (SSSR count). The first-order chi connectivity index (χ1) is 15.4. The quantitative estimate of drug-likeness (QED) is 0.313. The number of aromatic nitrogens is 3.